The normalized spacial score (nSPS) is 20.9. The van der Waals surface area contributed by atoms with Crippen molar-refractivity contribution < 1.29 is 62.0 Å². The molecule has 4 atom stereocenters. The van der Waals surface area contributed by atoms with Gasteiger partial charge in [0.2, 0.25) is 35.5 Å². The van der Waals surface area contributed by atoms with E-state index in [1.807, 2.05) is 30.3 Å². The molecule has 654 valence electrons. The van der Waals surface area contributed by atoms with Crippen molar-refractivity contribution in [1.29, 1.82) is 0 Å². The summed E-state index contributed by atoms with van der Waals surface area (Å²) in [6, 6.07) is 24.1. The number of aromatic amines is 1. The Morgan fingerprint density at radius 2 is 1.01 bits per heavy atom. The monoisotopic (exact) mass is 1700 g/mol. The highest BCUT2D eigenvalue weighted by Gasteiger charge is 2.47. The number of rotatable bonds is 30. The lowest BCUT2D eigenvalue weighted by Crippen LogP contribution is -2.54. The molecule has 7 saturated heterocycles. The first kappa shape index (κ1) is 83.6. The number of piperidine rings is 4. The summed E-state index contributed by atoms with van der Waals surface area (Å²) in [6.45, 7) is 20.5. The molecule has 0 radical (unpaired) electrons. The Bertz CT molecular complexity index is 5540. The predicted octanol–water partition coefficient (Wildman–Crippen LogP) is 6.39. The number of nitrogens with one attached hydrogen (secondary N) is 5. The number of H-pyrrole nitrogens is 1. The average molecular weight is 1710 g/mol. The Hall–Kier alpha value is -12.3. The molecule has 8 amide bonds. The first-order chi connectivity index (χ1) is 60.9. The predicted molar refractivity (Wildman–Crippen MR) is 463 cm³/mol. The van der Waals surface area contributed by atoms with Gasteiger partial charge in [-0.25, -0.2) is 29.9 Å². The number of hydrogen-bond donors (Lipinski definition) is 5. The number of pyridine rings is 2. The number of nitrogens with zero attached hydrogens (tertiary/aromatic N) is 19. The molecule has 0 aliphatic carbocycles. The largest absolute Gasteiger partial charge is 0.494 e. The fraction of sp³-hybridized carbons (Fsp3) is 0.477. The van der Waals surface area contributed by atoms with Crippen LogP contribution in [0.5, 0.6) is 5.75 Å². The zero-order chi connectivity index (χ0) is 85.9. The third-order valence-electron chi connectivity index (χ3n) is 25.4. The van der Waals surface area contributed by atoms with E-state index in [1.165, 1.54) is 0 Å². The molecular formula is C88H104N24O13. The molecule has 0 bridgehead atoms. The highest BCUT2D eigenvalue weighted by molar-refractivity contribution is 6.25. The lowest BCUT2D eigenvalue weighted by atomic mass is 9.95. The lowest BCUT2D eigenvalue weighted by Gasteiger charge is -2.39. The van der Waals surface area contributed by atoms with Crippen molar-refractivity contribution in [3.63, 3.8) is 0 Å². The molecular weight excluding hydrogens is 1600 g/mol. The molecule has 0 saturated carbocycles. The summed E-state index contributed by atoms with van der Waals surface area (Å²) >= 11 is 0. The van der Waals surface area contributed by atoms with Crippen LogP contribution < -0.4 is 50.5 Å². The van der Waals surface area contributed by atoms with Crippen LogP contribution in [-0.2, 0) is 51.3 Å². The van der Waals surface area contributed by atoms with Crippen LogP contribution in [0.4, 0.5) is 52.2 Å². The van der Waals surface area contributed by atoms with Crippen LogP contribution in [0.15, 0.2) is 104 Å². The second-order valence-corrected chi connectivity index (χ2v) is 33.4. The molecule has 125 heavy (non-hydrogen) atoms. The van der Waals surface area contributed by atoms with E-state index in [2.05, 4.69) is 114 Å². The minimum absolute atomic E-state index is 0.0118. The molecule has 6 aromatic heterocycles. The smallest absolute Gasteiger partial charge is 0.262 e. The number of benzene rings is 3. The van der Waals surface area contributed by atoms with Gasteiger partial charge in [-0.15, -0.1) is 0 Å². The molecule has 9 aliphatic heterocycles. The van der Waals surface area contributed by atoms with Gasteiger partial charge in [0.25, 0.3) is 23.6 Å². The molecule has 9 aliphatic rings. The maximum atomic E-state index is 13.5. The number of imide groups is 4. The van der Waals surface area contributed by atoms with Gasteiger partial charge >= 0.3 is 0 Å². The van der Waals surface area contributed by atoms with Crippen LogP contribution in [0.25, 0.3) is 22.1 Å². The van der Waals surface area contributed by atoms with Crippen LogP contribution in [0.3, 0.4) is 0 Å². The SMILES string of the molecule is COC1CCN(c2nccc(Nc3cc4c(nc(COCCN5CCN(c6ccc(OCCCN7CCN(c8ccc9c(c8)C(=O)N(C8CCC(=O)NC8=O)C9=O)CC7)cc6)CC5)n4C(C)C)c(C4CC(OC)CCN4c4nccc(Nc5cc6[nH]c(COCCN7CCN(c8ccc9c(c8)C(=O)N(C8CCC(=O)NC8=O)C9=O)CC7)nc6cn5)n4)n3)n2)CC1. The molecule has 4 unspecified atom stereocenters. The van der Waals surface area contributed by atoms with Gasteiger partial charge in [0.05, 0.1) is 83.2 Å². The Balaban J connectivity index is 0.480. The van der Waals surface area contributed by atoms with Crippen LogP contribution in [0.1, 0.15) is 142 Å². The number of fused-ring (bicyclic) bond motifs is 4. The van der Waals surface area contributed by atoms with Gasteiger partial charge in [-0.3, -0.25) is 73.5 Å². The van der Waals surface area contributed by atoms with Gasteiger partial charge in [-0.05, 0) is 132 Å². The molecule has 37 nitrogen and oxygen atoms in total. The van der Waals surface area contributed by atoms with Gasteiger partial charge in [0, 0.05) is 192 Å². The topological polar surface area (TPSA) is 387 Å². The van der Waals surface area contributed by atoms with Crippen LogP contribution in [0.2, 0.25) is 0 Å². The summed E-state index contributed by atoms with van der Waals surface area (Å²) in [4.78, 5) is 167. The van der Waals surface area contributed by atoms with E-state index in [4.69, 9.17) is 63.6 Å². The summed E-state index contributed by atoms with van der Waals surface area (Å²) in [6.07, 6.45) is 9.61. The number of imidazole rings is 2. The summed E-state index contributed by atoms with van der Waals surface area (Å²) in [5, 5.41) is 11.5. The molecule has 3 aromatic carbocycles. The molecule has 9 aromatic rings. The lowest BCUT2D eigenvalue weighted by molar-refractivity contribution is -0.137. The quantitative estimate of drug-likeness (QED) is 0.0240. The number of carbonyl (C=O) groups is 8. The third-order valence-corrected chi connectivity index (χ3v) is 25.4. The van der Waals surface area contributed by atoms with Crippen molar-refractivity contribution in [3.05, 3.63) is 143 Å². The molecule has 15 heterocycles. The van der Waals surface area contributed by atoms with E-state index in [0.717, 1.165) is 172 Å². The zero-order valence-corrected chi connectivity index (χ0v) is 70.7. The number of amides is 8. The number of hydrogen-bond acceptors (Lipinski definition) is 31. The van der Waals surface area contributed by atoms with Crippen molar-refractivity contribution >= 4 is 122 Å². The summed E-state index contributed by atoms with van der Waals surface area (Å²) < 4.78 is 33.2. The number of aromatic nitrogens is 10. The van der Waals surface area contributed by atoms with Crippen molar-refractivity contribution in [2.45, 2.75) is 121 Å². The van der Waals surface area contributed by atoms with Crippen molar-refractivity contribution in [1.82, 2.24) is 84.6 Å². The second kappa shape index (κ2) is 36.9. The Kier molecular flexibility index (Phi) is 24.7. The van der Waals surface area contributed by atoms with Crippen molar-refractivity contribution in [2.24, 2.45) is 0 Å². The van der Waals surface area contributed by atoms with Crippen molar-refractivity contribution in [3.8, 4) is 5.75 Å². The molecule has 37 heteroatoms. The first-order valence-corrected chi connectivity index (χ1v) is 43.5. The first-order valence-electron chi connectivity index (χ1n) is 43.5. The highest BCUT2D eigenvalue weighted by atomic mass is 16.5. The number of piperazine rings is 3. The van der Waals surface area contributed by atoms with E-state index in [-0.39, 0.29) is 79.4 Å². The Labute approximate surface area is 721 Å². The second-order valence-electron chi connectivity index (χ2n) is 33.4. The number of methoxy groups -OCH3 is 2. The van der Waals surface area contributed by atoms with Gasteiger partial charge in [0.1, 0.15) is 77.0 Å². The number of anilines is 9. The average Bonchev–Trinajstić information content (AvgIpc) is 1.69. The third kappa shape index (κ3) is 18.1. The zero-order valence-electron chi connectivity index (χ0n) is 70.7. The van der Waals surface area contributed by atoms with Crippen LogP contribution >= 0.6 is 0 Å². The molecule has 5 N–H and O–H groups in total. The van der Waals surface area contributed by atoms with Crippen LogP contribution in [0, 0.1) is 0 Å². The maximum Gasteiger partial charge on any atom is 0.262 e. The fourth-order valence-corrected chi connectivity index (χ4v) is 18.5. The van der Waals surface area contributed by atoms with Gasteiger partial charge < -0.3 is 68.4 Å². The van der Waals surface area contributed by atoms with E-state index < -0.39 is 65.4 Å². The van der Waals surface area contributed by atoms with E-state index >= 15 is 0 Å². The summed E-state index contributed by atoms with van der Waals surface area (Å²) in [7, 11) is 3.52. The fourth-order valence-electron chi connectivity index (χ4n) is 18.5. The van der Waals surface area contributed by atoms with Crippen molar-refractivity contribution in [2.75, 3.05) is 187 Å². The summed E-state index contributed by atoms with van der Waals surface area (Å²) in [5.74, 6) is 1.56. The van der Waals surface area contributed by atoms with E-state index in [1.54, 1.807) is 57.1 Å². The minimum atomic E-state index is -1.02. The van der Waals surface area contributed by atoms with E-state index in [0.29, 0.717) is 105 Å². The van der Waals surface area contributed by atoms with Crippen LogP contribution in [-0.4, -0.2) is 297 Å². The van der Waals surface area contributed by atoms with E-state index in [9.17, 15) is 38.4 Å². The summed E-state index contributed by atoms with van der Waals surface area (Å²) in [5.41, 5.74) is 7.74. The van der Waals surface area contributed by atoms with Gasteiger partial charge in [-0.1, -0.05) is 0 Å². The highest BCUT2D eigenvalue weighted by Crippen LogP contribution is 2.41. The molecule has 18 rings (SSSR count). The number of carbonyl (C=O) groups excluding carboxylic acids is 8. The molecule has 7 fully saturated rings. The Morgan fingerprint density at radius 1 is 0.472 bits per heavy atom. The minimum Gasteiger partial charge on any atom is -0.494 e. The standard InChI is InChI=1S/C88H104N24O13/c1-54(2)110-70-50-74(95-72-18-23-89-87(97-72)108-26-20-58(121-3)21-27-108)96-79(80(70)99-76(110)53-124-45-42-103-31-35-105(36-32-103)55-6-10-59(11-7-55)125-43-5-25-102-29-37-106(38-30-102)56-8-12-61-63(46-56)85(119)111(83(61)117)67-14-16-77(113)100-81(67)115)69-48-60(122-4)22-28-109(69)88-90-24-19-71(98-88)94-73-49-65-66(51-91-73)93-75(92-65)52-123-44-41-104-33-39-107(40-34-104)57-9-13-62-64(47-57)86(120)112(84(62)118)68-15-17-78(114)101-82(68)116/h6-13,18-19,23-24,46-47,49-51,54,58,60,67-69H,5,14-17,20-22,25-45,48,52-53H2,1-4H3,(H,92,93)(H,100,113,115)(H,101,114,116)(H,89,95,96,97)(H,90,91,94,98). The molecule has 0 spiro atoms. The Morgan fingerprint density at radius 3 is 1.59 bits per heavy atom. The van der Waals surface area contributed by atoms with Gasteiger partial charge in [-0.2, -0.15) is 9.97 Å². The maximum absolute atomic E-state index is 13.5. The van der Waals surface area contributed by atoms with Gasteiger partial charge in [0.15, 0.2) is 0 Å². The number of ether oxygens (including phenoxy) is 5.